The predicted octanol–water partition coefficient (Wildman–Crippen LogP) is 3.62. The number of fused-ring (bicyclic) bond motifs is 1. The Hall–Kier alpha value is -2.69. The number of hydrogen-bond acceptors (Lipinski definition) is 4. The van der Waals surface area contributed by atoms with Gasteiger partial charge in [0.2, 0.25) is 11.8 Å². The van der Waals surface area contributed by atoms with Crippen LogP contribution in [0.1, 0.15) is 42.8 Å². The Labute approximate surface area is 139 Å². The van der Waals surface area contributed by atoms with Crippen LogP contribution < -0.4 is 4.90 Å². The third-order valence-corrected chi connectivity index (χ3v) is 4.93. The summed E-state index contributed by atoms with van der Waals surface area (Å²) in [6.07, 6.45) is 2.71. The van der Waals surface area contributed by atoms with Gasteiger partial charge >= 0.3 is 0 Å². The number of amides is 1. The normalized spacial score (nSPS) is 20.9. The van der Waals surface area contributed by atoms with Gasteiger partial charge in [0.1, 0.15) is 0 Å². The van der Waals surface area contributed by atoms with Crippen LogP contribution in [0.25, 0.3) is 10.8 Å². The molecule has 1 atom stereocenters. The molecular weight excluding hydrogens is 302 g/mol. The summed E-state index contributed by atoms with van der Waals surface area (Å²) in [5.74, 6) is 1.97. The number of hydrogen-bond donors (Lipinski definition) is 0. The van der Waals surface area contributed by atoms with Gasteiger partial charge in [-0.2, -0.15) is 4.98 Å². The van der Waals surface area contributed by atoms with Crippen LogP contribution in [-0.4, -0.2) is 22.6 Å². The quantitative estimate of drug-likeness (QED) is 0.740. The Kier molecular flexibility index (Phi) is 2.95. The number of carbonyl (C=O) groups is 1. The zero-order valence-electron chi connectivity index (χ0n) is 13.2. The van der Waals surface area contributed by atoms with Crippen LogP contribution in [0.5, 0.6) is 0 Å². The van der Waals surface area contributed by atoms with Crippen molar-refractivity contribution in [2.75, 3.05) is 11.4 Å². The molecule has 2 aromatic carbocycles. The van der Waals surface area contributed by atoms with Crippen molar-refractivity contribution < 1.29 is 9.32 Å². The Morgan fingerprint density at radius 1 is 1.04 bits per heavy atom. The van der Waals surface area contributed by atoms with Gasteiger partial charge in [0.25, 0.3) is 0 Å². The van der Waals surface area contributed by atoms with Gasteiger partial charge in [-0.15, -0.1) is 0 Å². The number of nitrogens with zero attached hydrogens (tertiary/aromatic N) is 3. The van der Waals surface area contributed by atoms with E-state index in [1.807, 2.05) is 29.2 Å². The highest BCUT2D eigenvalue weighted by Crippen LogP contribution is 2.40. The van der Waals surface area contributed by atoms with E-state index in [1.165, 1.54) is 0 Å². The molecule has 1 saturated heterocycles. The van der Waals surface area contributed by atoms with E-state index in [0.29, 0.717) is 24.8 Å². The number of anilines is 1. The van der Waals surface area contributed by atoms with Crippen molar-refractivity contribution in [3.63, 3.8) is 0 Å². The topological polar surface area (TPSA) is 59.2 Å². The Morgan fingerprint density at radius 2 is 1.88 bits per heavy atom. The largest absolute Gasteiger partial charge is 0.339 e. The lowest BCUT2D eigenvalue weighted by Crippen LogP contribution is -2.24. The third-order valence-electron chi connectivity index (χ3n) is 4.93. The third kappa shape index (κ3) is 2.19. The zero-order valence-corrected chi connectivity index (χ0v) is 13.2. The van der Waals surface area contributed by atoms with Crippen LogP contribution in [0.3, 0.4) is 0 Å². The molecule has 0 N–H and O–H groups in total. The van der Waals surface area contributed by atoms with Crippen molar-refractivity contribution in [2.45, 2.75) is 31.1 Å². The zero-order chi connectivity index (χ0) is 16.1. The molecule has 5 rings (SSSR count). The number of benzene rings is 2. The van der Waals surface area contributed by atoms with Crippen molar-refractivity contribution in [1.82, 2.24) is 10.1 Å². The molecule has 2 fully saturated rings. The summed E-state index contributed by atoms with van der Waals surface area (Å²) in [5.41, 5.74) is 0.961. The van der Waals surface area contributed by atoms with E-state index in [-0.39, 0.29) is 11.8 Å². The van der Waals surface area contributed by atoms with Gasteiger partial charge in [-0.05, 0) is 24.3 Å². The molecule has 1 aliphatic carbocycles. The summed E-state index contributed by atoms with van der Waals surface area (Å²) in [7, 11) is 0. The SMILES string of the molecule is O=C1CC(c2nc(C3CC3)no2)CN1c1cccc2ccccc12. The van der Waals surface area contributed by atoms with Gasteiger partial charge in [0.05, 0.1) is 11.6 Å². The van der Waals surface area contributed by atoms with Gasteiger partial charge in [-0.25, -0.2) is 0 Å². The second-order valence-electron chi connectivity index (χ2n) is 6.67. The lowest BCUT2D eigenvalue weighted by Gasteiger charge is -2.18. The first-order valence-electron chi connectivity index (χ1n) is 8.41. The highest BCUT2D eigenvalue weighted by Gasteiger charge is 2.37. The molecule has 5 heteroatoms. The van der Waals surface area contributed by atoms with E-state index in [9.17, 15) is 4.79 Å². The monoisotopic (exact) mass is 319 g/mol. The number of rotatable bonds is 3. The van der Waals surface area contributed by atoms with Crippen LogP contribution >= 0.6 is 0 Å². The molecule has 3 aromatic rings. The van der Waals surface area contributed by atoms with Crippen LogP contribution in [0.2, 0.25) is 0 Å². The van der Waals surface area contributed by atoms with Crippen molar-refractivity contribution in [3.05, 3.63) is 54.2 Å². The van der Waals surface area contributed by atoms with E-state index in [2.05, 4.69) is 28.3 Å². The summed E-state index contributed by atoms with van der Waals surface area (Å²) in [5, 5.41) is 6.31. The standard InChI is InChI=1S/C19H17N3O2/c23-17-10-14(19-20-18(21-24-19)13-8-9-13)11-22(17)16-7-3-5-12-4-1-2-6-15(12)16/h1-7,13-14H,8-11H2. The van der Waals surface area contributed by atoms with Crippen molar-refractivity contribution in [2.24, 2.45) is 0 Å². The molecule has 2 aliphatic rings. The van der Waals surface area contributed by atoms with Crippen molar-refractivity contribution >= 4 is 22.4 Å². The van der Waals surface area contributed by atoms with Gasteiger partial charge in [0.15, 0.2) is 5.82 Å². The molecule has 1 aliphatic heterocycles. The fourth-order valence-electron chi connectivity index (χ4n) is 3.47. The minimum absolute atomic E-state index is 0.0172. The molecule has 0 spiro atoms. The van der Waals surface area contributed by atoms with Gasteiger partial charge < -0.3 is 9.42 Å². The Morgan fingerprint density at radius 3 is 2.75 bits per heavy atom. The maximum atomic E-state index is 12.6. The fraction of sp³-hybridized carbons (Fsp3) is 0.316. The number of aromatic nitrogens is 2. The maximum absolute atomic E-state index is 12.6. The van der Waals surface area contributed by atoms with Crippen LogP contribution in [0.4, 0.5) is 5.69 Å². The summed E-state index contributed by atoms with van der Waals surface area (Å²) >= 11 is 0. The molecule has 1 aromatic heterocycles. The van der Waals surface area contributed by atoms with Gasteiger partial charge in [-0.3, -0.25) is 4.79 Å². The summed E-state index contributed by atoms with van der Waals surface area (Å²) in [6, 6.07) is 14.2. The molecular formula is C19H17N3O2. The van der Waals surface area contributed by atoms with E-state index in [1.54, 1.807) is 0 Å². The van der Waals surface area contributed by atoms with E-state index in [0.717, 1.165) is 35.1 Å². The lowest BCUT2D eigenvalue weighted by atomic mass is 10.1. The molecule has 1 amide bonds. The lowest BCUT2D eigenvalue weighted by molar-refractivity contribution is -0.117. The van der Waals surface area contributed by atoms with E-state index < -0.39 is 0 Å². The van der Waals surface area contributed by atoms with Crippen molar-refractivity contribution in [3.8, 4) is 0 Å². The van der Waals surface area contributed by atoms with Crippen LogP contribution in [0, 0.1) is 0 Å². The second-order valence-corrected chi connectivity index (χ2v) is 6.67. The minimum Gasteiger partial charge on any atom is -0.339 e. The summed E-state index contributed by atoms with van der Waals surface area (Å²) < 4.78 is 5.43. The molecule has 120 valence electrons. The van der Waals surface area contributed by atoms with Crippen molar-refractivity contribution in [1.29, 1.82) is 0 Å². The van der Waals surface area contributed by atoms with E-state index in [4.69, 9.17) is 4.52 Å². The second kappa shape index (κ2) is 5.16. The van der Waals surface area contributed by atoms with E-state index >= 15 is 0 Å². The fourth-order valence-corrected chi connectivity index (χ4v) is 3.47. The summed E-state index contributed by atoms with van der Waals surface area (Å²) in [4.78, 5) is 19.0. The minimum atomic E-state index is -0.0172. The first kappa shape index (κ1) is 13.7. The average molecular weight is 319 g/mol. The van der Waals surface area contributed by atoms with Gasteiger partial charge in [0, 0.05) is 24.3 Å². The molecule has 0 radical (unpaired) electrons. The maximum Gasteiger partial charge on any atom is 0.232 e. The Bertz CT molecular complexity index is 924. The summed E-state index contributed by atoms with van der Waals surface area (Å²) in [6.45, 7) is 0.596. The van der Waals surface area contributed by atoms with Crippen LogP contribution in [-0.2, 0) is 4.79 Å². The Balaban J connectivity index is 1.47. The first-order valence-corrected chi connectivity index (χ1v) is 8.41. The van der Waals surface area contributed by atoms with Crippen LogP contribution in [0.15, 0.2) is 47.0 Å². The molecule has 1 unspecified atom stereocenters. The predicted molar refractivity (Wildman–Crippen MR) is 89.9 cm³/mol. The molecule has 5 nitrogen and oxygen atoms in total. The first-order chi connectivity index (χ1) is 11.8. The number of carbonyl (C=O) groups excluding carboxylic acids is 1. The molecule has 24 heavy (non-hydrogen) atoms. The highest BCUT2D eigenvalue weighted by atomic mass is 16.5. The highest BCUT2D eigenvalue weighted by molar-refractivity contribution is 6.05. The molecule has 1 saturated carbocycles. The smallest absolute Gasteiger partial charge is 0.232 e. The van der Waals surface area contributed by atoms with Gasteiger partial charge in [-0.1, -0.05) is 41.6 Å². The average Bonchev–Trinajstić information content (AvgIpc) is 3.22. The molecule has 2 heterocycles. The molecule has 0 bridgehead atoms.